The lowest BCUT2D eigenvalue weighted by Crippen LogP contribution is -2.50. The van der Waals surface area contributed by atoms with Gasteiger partial charge in [-0.2, -0.15) is 0 Å². The van der Waals surface area contributed by atoms with E-state index in [9.17, 15) is 9.59 Å². The number of amides is 2. The largest absolute Gasteiger partial charge is 0.493 e. The molecular weight excluding hydrogens is 518 g/mol. The lowest BCUT2D eigenvalue weighted by atomic mass is 10.0. The zero-order valence-corrected chi connectivity index (χ0v) is 23.0. The molecule has 9 heteroatoms. The predicted molar refractivity (Wildman–Crippen MR) is 152 cm³/mol. The Balaban J connectivity index is 1.45. The quantitative estimate of drug-likeness (QED) is 0.268. The lowest BCUT2D eigenvalue weighted by Gasteiger charge is -2.25. The number of likely N-dealkylation sites (N-methyl/N-ethyl adjacent to an activating group) is 1. The van der Waals surface area contributed by atoms with Crippen molar-refractivity contribution in [1.29, 1.82) is 0 Å². The molecule has 2 amide bonds. The zero-order chi connectivity index (χ0) is 27.8. The third-order valence-electron chi connectivity index (χ3n) is 6.48. The summed E-state index contributed by atoms with van der Waals surface area (Å²) in [6.45, 7) is 0.227. The summed E-state index contributed by atoms with van der Waals surface area (Å²) in [6.07, 6.45) is 2.82. The Morgan fingerprint density at radius 3 is 2.49 bits per heavy atom. The van der Waals surface area contributed by atoms with Gasteiger partial charge in [-0.05, 0) is 60.0 Å². The minimum atomic E-state index is -0.777. The van der Waals surface area contributed by atoms with Crippen LogP contribution in [0.25, 0.3) is 10.9 Å². The van der Waals surface area contributed by atoms with Crippen molar-refractivity contribution in [2.45, 2.75) is 18.9 Å². The van der Waals surface area contributed by atoms with Gasteiger partial charge in [-0.3, -0.25) is 9.59 Å². The van der Waals surface area contributed by atoms with E-state index in [4.69, 9.17) is 25.8 Å². The summed E-state index contributed by atoms with van der Waals surface area (Å²) < 4.78 is 16.3. The van der Waals surface area contributed by atoms with E-state index in [0.717, 1.165) is 22.0 Å². The number of aromatic amines is 1. The molecule has 2 N–H and O–H groups in total. The van der Waals surface area contributed by atoms with Gasteiger partial charge in [0.1, 0.15) is 11.8 Å². The van der Waals surface area contributed by atoms with Crippen LogP contribution in [-0.4, -0.2) is 62.2 Å². The van der Waals surface area contributed by atoms with E-state index in [1.807, 2.05) is 48.7 Å². The van der Waals surface area contributed by atoms with Gasteiger partial charge < -0.3 is 29.4 Å². The first-order chi connectivity index (χ1) is 18.9. The fourth-order valence-electron chi connectivity index (χ4n) is 4.35. The molecule has 4 aromatic rings. The average Bonchev–Trinajstić information content (AvgIpc) is 3.37. The van der Waals surface area contributed by atoms with Crippen molar-refractivity contribution >= 4 is 34.3 Å². The highest BCUT2D eigenvalue weighted by Crippen LogP contribution is 2.28. The first-order valence-electron chi connectivity index (χ1n) is 12.6. The molecule has 1 atom stereocenters. The number of H-pyrrole nitrogens is 1. The summed E-state index contributed by atoms with van der Waals surface area (Å²) in [7, 11) is 4.92. The van der Waals surface area contributed by atoms with Crippen LogP contribution in [0.3, 0.4) is 0 Å². The first-order valence-corrected chi connectivity index (χ1v) is 12.9. The molecule has 8 nitrogen and oxygen atoms in total. The van der Waals surface area contributed by atoms with E-state index < -0.39 is 11.9 Å². The van der Waals surface area contributed by atoms with Crippen molar-refractivity contribution in [1.82, 2.24) is 15.2 Å². The van der Waals surface area contributed by atoms with Crippen LogP contribution < -0.4 is 19.5 Å². The molecular formula is C30H32ClN3O5. The molecule has 0 aliphatic heterocycles. The molecule has 0 saturated heterocycles. The number of carbonyl (C=O) groups excluding carboxylic acids is 2. The van der Waals surface area contributed by atoms with Crippen molar-refractivity contribution < 1.29 is 23.8 Å². The minimum Gasteiger partial charge on any atom is -0.493 e. The van der Waals surface area contributed by atoms with E-state index in [2.05, 4.69) is 10.3 Å². The molecule has 3 aromatic carbocycles. The van der Waals surface area contributed by atoms with Gasteiger partial charge in [0.15, 0.2) is 18.1 Å². The number of nitrogens with one attached hydrogen (secondary N) is 2. The van der Waals surface area contributed by atoms with Crippen molar-refractivity contribution in [2.75, 3.05) is 34.4 Å². The lowest BCUT2D eigenvalue weighted by molar-refractivity contribution is -0.135. The molecule has 1 aromatic heterocycles. The summed E-state index contributed by atoms with van der Waals surface area (Å²) in [4.78, 5) is 31.3. The van der Waals surface area contributed by atoms with Gasteiger partial charge in [0.25, 0.3) is 5.91 Å². The smallest absolute Gasteiger partial charge is 0.258 e. The Labute approximate surface area is 232 Å². The highest BCUT2D eigenvalue weighted by Gasteiger charge is 2.26. The standard InChI is InChI=1S/C30H32ClN3O5/c1-34(15-14-20-8-13-27(37-2)28(16-20)38-3)30(36)26(17-21-18-32-25-7-5-4-6-24(21)25)33-29(35)19-39-23-11-9-22(31)10-12-23/h4-13,16,18,26,32H,14-15,17,19H2,1-3H3,(H,33,35). The second-order valence-electron chi connectivity index (χ2n) is 9.13. The summed E-state index contributed by atoms with van der Waals surface area (Å²) in [5, 5.41) is 4.47. The average molecular weight is 550 g/mol. The maximum absolute atomic E-state index is 13.6. The molecule has 0 saturated carbocycles. The number of rotatable bonds is 12. The zero-order valence-electron chi connectivity index (χ0n) is 22.2. The molecule has 4 rings (SSSR count). The number of aromatic nitrogens is 1. The van der Waals surface area contributed by atoms with Crippen LogP contribution in [0.15, 0.2) is 72.9 Å². The fraction of sp³-hybridized carbons (Fsp3) is 0.267. The molecule has 0 aliphatic rings. The molecule has 39 heavy (non-hydrogen) atoms. The van der Waals surface area contributed by atoms with Gasteiger partial charge in [-0.15, -0.1) is 0 Å². The SMILES string of the molecule is COc1ccc(CCN(C)C(=O)C(Cc2c[nH]c3ccccc23)NC(=O)COc2ccc(Cl)cc2)cc1OC. The highest BCUT2D eigenvalue weighted by atomic mass is 35.5. The summed E-state index contributed by atoms with van der Waals surface area (Å²) in [5.41, 5.74) is 2.91. The maximum Gasteiger partial charge on any atom is 0.258 e. The highest BCUT2D eigenvalue weighted by molar-refractivity contribution is 6.30. The number of para-hydroxylation sites is 1. The van der Waals surface area contributed by atoms with Gasteiger partial charge in [0.05, 0.1) is 14.2 Å². The Morgan fingerprint density at radius 1 is 1.00 bits per heavy atom. The topological polar surface area (TPSA) is 92.9 Å². The number of hydrogen-bond acceptors (Lipinski definition) is 5. The molecule has 0 bridgehead atoms. The Morgan fingerprint density at radius 2 is 1.74 bits per heavy atom. The van der Waals surface area contributed by atoms with E-state index >= 15 is 0 Å². The van der Waals surface area contributed by atoms with Gasteiger partial charge in [0.2, 0.25) is 5.91 Å². The number of nitrogens with zero attached hydrogens (tertiary/aromatic N) is 1. The molecule has 0 fully saturated rings. The number of fused-ring (bicyclic) bond motifs is 1. The van der Waals surface area contributed by atoms with Gasteiger partial charge in [0, 0.05) is 42.1 Å². The summed E-state index contributed by atoms with van der Waals surface area (Å²) in [5.74, 6) is 1.21. The third-order valence-corrected chi connectivity index (χ3v) is 6.73. The van der Waals surface area contributed by atoms with Gasteiger partial charge in [-0.1, -0.05) is 35.9 Å². The summed E-state index contributed by atoms with van der Waals surface area (Å²) >= 11 is 5.92. The minimum absolute atomic E-state index is 0.194. The Kier molecular flexibility index (Phi) is 9.33. The number of carbonyl (C=O) groups is 2. The second-order valence-corrected chi connectivity index (χ2v) is 9.56. The third kappa shape index (κ3) is 7.23. The maximum atomic E-state index is 13.6. The number of benzene rings is 3. The van der Waals surface area contributed by atoms with Gasteiger partial charge in [-0.25, -0.2) is 0 Å². The van der Waals surface area contributed by atoms with E-state index in [1.165, 1.54) is 0 Å². The molecule has 1 unspecified atom stereocenters. The van der Waals surface area contributed by atoms with Crippen LogP contribution in [0, 0.1) is 0 Å². The molecule has 0 radical (unpaired) electrons. The number of hydrogen-bond donors (Lipinski definition) is 2. The molecule has 1 heterocycles. The Hall–Kier alpha value is -4.17. The predicted octanol–water partition coefficient (Wildman–Crippen LogP) is 4.65. The second kappa shape index (κ2) is 13.1. The van der Waals surface area contributed by atoms with Crippen LogP contribution in [0.2, 0.25) is 5.02 Å². The first kappa shape index (κ1) is 27.9. The van der Waals surface area contributed by atoms with Crippen molar-refractivity contribution in [3.63, 3.8) is 0 Å². The Bertz CT molecular complexity index is 1420. The van der Waals surface area contributed by atoms with Crippen LogP contribution >= 0.6 is 11.6 Å². The van der Waals surface area contributed by atoms with Crippen LogP contribution in [0.1, 0.15) is 11.1 Å². The van der Waals surface area contributed by atoms with Crippen LogP contribution in [-0.2, 0) is 22.4 Å². The van der Waals surface area contributed by atoms with Crippen molar-refractivity contribution in [3.05, 3.63) is 89.1 Å². The normalized spacial score (nSPS) is 11.6. The molecule has 204 valence electrons. The van der Waals surface area contributed by atoms with Gasteiger partial charge >= 0.3 is 0 Å². The van der Waals surface area contributed by atoms with E-state index in [1.54, 1.807) is 50.4 Å². The van der Waals surface area contributed by atoms with Crippen LogP contribution in [0.5, 0.6) is 17.2 Å². The summed E-state index contributed by atoms with van der Waals surface area (Å²) in [6, 6.07) is 19.5. The fourth-order valence-corrected chi connectivity index (χ4v) is 4.47. The van der Waals surface area contributed by atoms with E-state index in [-0.39, 0.29) is 12.5 Å². The van der Waals surface area contributed by atoms with Crippen LogP contribution in [0.4, 0.5) is 0 Å². The molecule has 0 spiro atoms. The number of methoxy groups -OCH3 is 2. The molecule has 0 aliphatic carbocycles. The number of halogens is 1. The van der Waals surface area contributed by atoms with Crippen molar-refractivity contribution in [3.8, 4) is 17.2 Å². The number of ether oxygens (including phenoxy) is 3. The van der Waals surface area contributed by atoms with Crippen molar-refractivity contribution in [2.24, 2.45) is 0 Å². The van der Waals surface area contributed by atoms with E-state index in [0.29, 0.717) is 41.7 Å². The monoisotopic (exact) mass is 549 g/mol.